The monoisotopic (exact) mass is 271 g/mol. The van der Waals surface area contributed by atoms with Gasteiger partial charge in [0.05, 0.1) is 6.10 Å². The average Bonchev–Trinajstić information content (AvgIpc) is 2.25. The van der Waals surface area contributed by atoms with E-state index in [9.17, 15) is 5.11 Å². The van der Waals surface area contributed by atoms with Crippen molar-refractivity contribution in [3.8, 4) is 0 Å². The minimum atomic E-state index is -0.133. The van der Waals surface area contributed by atoms with Gasteiger partial charge in [0.1, 0.15) is 0 Å². The maximum atomic E-state index is 9.67. The molecule has 0 aliphatic carbocycles. The average molecular weight is 271 g/mol. The minimum Gasteiger partial charge on any atom is -0.393 e. The summed E-state index contributed by atoms with van der Waals surface area (Å²) in [4.78, 5) is 2.37. The maximum absolute atomic E-state index is 9.67. The molecule has 0 bridgehead atoms. The molecule has 116 valence electrons. The second-order valence-corrected chi connectivity index (χ2v) is 8.12. The largest absolute Gasteiger partial charge is 0.393 e. The van der Waals surface area contributed by atoms with Crippen molar-refractivity contribution in [3.05, 3.63) is 0 Å². The fraction of sp³-hybridized carbons (Fsp3) is 1.00. The second kappa shape index (κ2) is 6.58. The van der Waals surface area contributed by atoms with Crippen LogP contribution in [0.2, 0.25) is 0 Å². The first-order chi connectivity index (χ1) is 8.38. The Labute approximate surface area is 121 Å². The summed E-state index contributed by atoms with van der Waals surface area (Å²) < 4.78 is 0. The molecular weight excluding hydrogens is 234 g/mol. The molecule has 2 heteroatoms. The second-order valence-electron chi connectivity index (χ2n) is 8.12. The van der Waals surface area contributed by atoms with Gasteiger partial charge in [-0.2, -0.15) is 0 Å². The lowest BCUT2D eigenvalue weighted by Crippen LogP contribution is -2.59. The number of nitrogens with zero attached hydrogens (tertiary/aromatic N) is 1. The summed E-state index contributed by atoms with van der Waals surface area (Å²) in [6.07, 6.45) is 4.22. The van der Waals surface area contributed by atoms with Crippen LogP contribution >= 0.6 is 0 Å². The van der Waals surface area contributed by atoms with Gasteiger partial charge in [0.25, 0.3) is 0 Å². The van der Waals surface area contributed by atoms with Crippen LogP contribution in [0, 0.1) is 5.41 Å². The van der Waals surface area contributed by atoms with Gasteiger partial charge in [-0.3, -0.25) is 4.90 Å². The molecule has 0 aromatic carbocycles. The van der Waals surface area contributed by atoms with E-state index < -0.39 is 0 Å². The van der Waals surface area contributed by atoms with Crippen molar-refractivity contribution in [1.29, 1.82) is 0 Å². The number of aliphatic hydroxyl groups excluding tert-OH is 1. The molecule has 1 fully saturated rings. The van der Waals surface area contributed by atoms with Crippen molar-refractivity contribution in [3.63, 3.8) is 0 Å². The van der Waals surface area contributed by atoms with E-state index in [2.05, 4.69) is 67.3 Å². The van der Waals surface area contributed by atoms with Crippen LogP contribution in [0.5, 0.6) is 0 Å². The Morgan fingerprint density at radius 2 is 1.32 bits per heavy atom. The van der Waals surface area contributed by atoms with Gasteiger partial charge in [0.2, 0.25) is 0 Å². The van der Waals surface area contributed by atoms with Crippen molar-refractivity contribution in [2.24, 2.45) is 5.41 Å². The van der Waals surface area contributed by atoms with Gasteiger partial charge in [0, 0.05) is 11.1 Å². The van der Waals surface area contributed by atoms with Crippen LogP contribution in [-0.4, -0.2) is 34.2 Å². The molecule has 0 aromatic heterocycles. The highest BCUT2D eigenvalue weighted by atomic mass is 16.3. The van der Waals surface area contributed by atoms with Gasteiger partial charge in [-0.15, -0.1) is 0 Å². The molecule has 1 N–H and O–H groups in total. The molecule has 0 aromatic rings. The first kappa shape index (κ1) is 18.9. The molecule has 1 saturated heterocycles. The van der Waals surface area contributed by atoms with E-state index in [0.29, 0.717) is 5.41 Å². The number of rotatable bonds is 2. The third-order valence-electron chi connectivity index (χ3n) is 5.20. The topological polar surface area (TPSA) is 23.5 Å². The normalized spacial score (nSPS) is 23.7. The van der Waals surface area contributed by atoms with E-state index in [-0.39, 0.29) is 17.2 Å². The Hall–Kier alpha value is -0.0800. The van der Waals surface area contributed by atoms with Gasteiger partial charge in [0.15, 0.2) is 0 Å². The number of aliphatic hydroxyl groups is 1. The number of likely N-dealkylation sites (tertiary alicyclic amines) is 1. The zero-order valence-electron chi connectivity index (χ0n) is 14.8. The lowest BCUT2D eigenvalue weighted by Gasteiger charge is -2.52. The van der Waals surface area contributed by atoms with Crippen LogP contribution in [0.1, 0.15) is 81.1 Å². The highest BCUT2D eigenvalue weighted by Crippen LogP contribution is 2.36. The molecule has 1 aliphatic heterocycles. The van der Waals surface area contributed by atoms with Crippen LogP contribution in [0.15, 0.2) is 0 Å². The lowest BCUT2D eigenvalue weighted by atomic mass is 9.79. The number of piperidine rings is 1. The highest BCUT2D eigenvalue weighted by Gasteiger charge is 2.42. The fourth-order valence-electron chi connectivity index (χ4n) is 2.57. The molecule has 0 spiro atoms. The van der Waals surface area contributed by atoms with E-state index in [4.69, 9.17) is 0 Å². The third-order valence-corrected chi connectivity index (χ3v) is 5.20. The summed E-state index contributed by atoms with van der Waals surface area (Å²) in [5.41, 5.74) is 0.836. The van der Waals surface area contributed by atoms with E-state index in [1.54, 1.807) is 0 Å². The van der Waals surface area contributed by atoms with E-state index in [1.165, 1.54) is 12.8 Å². The summed E-state index contributed by atoms with van der Waals surface area (Å²) in [5.74, 6) is 0. The lowest BCUT2D eigenvalue weighted by molar-refractivity contribution is -0.0641. The first-order valence-corrected chi connectivity index (χ1v) is 7.80. The molecule has 0 atom stereocenters. The van der Waals surface area contributed by atoms with Crippen molar-refractivity contribution < 1.29 is 5.11 Å². The van der Waals surface area contributed by atoms with Gasteiger partial charge in [-0.1, -0.05) is 40.5 Å². The SMILES string of the molecule is CCC(C)(C)CC.CN1C(C)(C)CC(O)CC1(C)C. The molecule has 1 aliphatic rings. The quantitative estimate of drug-likeness (QED) is 0.801. The summed E-state index contributed by atoms with van der Waals surface area (Å²) in [5, 5.41) is 9.67. The van der Waals surface area contributed by atoms with Gasteiger partial charge < -0.3 is 5.11 Å². The van der Waals surface area contributed by atoms with E-state index in [0.717, 1.165) is 12.8 Å². The molecule has 1 rings (SSSR count). The molecule has 0 amide bonds. The van der Waals surface area contributed by atoms with Crippen LogP contribution < -0.4 is 0 Å². The standard InChI is InChI=1S/C10H21NO.C7H16/c1-9(2)6-8(12)7-10(3,4)11(9)5;1-5-7(3,4)6-2/h8,12H,6-7H2,1-5H3;5-6H2,1-4H3. The highest BCUT2D eigenvalue weighted by molar-refractivity contribution is 4.98. The van der Waals surface area contributed by atoms with Crippen molar-refractivity contribution >= 4 is 0 Å². The van der Waals surface area contributed by atoms with Gasteiger partial charge in [-0.05, 0) is 53.0 Å². The summed E-state index contributed by atoms with van der Waals surface area (Å²) >= 11 is 0. The zero-order chi connectivity index (χ0) is 15.5. The van der Waals surface area contributed by atoms with Crippen molar-refractivity contribution in [2.75, 3.05) is 7.05 Å². The molecule has 0 radical (unpaired) electrons. The molecule has 19 heavy (non-hydrogen) atoms. The molecule has 0 unspecified atom stereocenters. The van der Waals surface area contributed by atoms with Gasteiger partial charge >= 0.3 is 0 Å². The maximum Gasteiger partial charge on any atom is 0.0575 e. The predicted molar refractivity (Wildman–Crippen MR) is 85.5 cm³/mol. The Bertz CT molecular complexity index is 244. The summed E-state index contributed by atoms with van der Waals surface area (Å²) in [6, 6.07) is 0. The number of hydrogen-bond acceptors (Lipinski definition) is 2. The van der Waals surface area contributed by atoms with E-state index in [1.807, 2.05) is 0 Å². The number of hydrogen-bond donors (Lipinski definition) is 1. The molecular formula is C17H37NO. The van der Waals surface area contributed by atoms with Crippen LogP contribution in [0.3, 0.4) is 0 Å². The Balaban J connectivity index is 0.000000399. The fourth-order valence-corrected chi connectivity index (χ4v) is 2.57. The molecule has 0 saturated carbocycles. The van der Waals surface area contributed by atoms with Crippen LogP contribution in [0.4, 0.5) is 0 Å². The predicted octanol–water partition coefficient (Wildman–Crippen LogP) is 4.46. The summed E-state index contributed by atoms with van der Waals surface area (Å²) in [7, 11) is 2.14. The minimum absolute atomic E-state index is 0.126. The zero-order valence-corrected chi connectivity index (χ0v) is 14.8. The first-order valence-electron chi connectivity index (χ1n) is 7.80. The van der Waals surface area contributed by atoms with E-state index >= 15 is 0 Å². The molecule has 1 heterocycles. The van der Waals surface area contributed by atoms with Crippen molar-refractivity contribution in [2.45, 2.75) is 98.3 Å². The Morgan fingerprint density at radius 3 is 1.53 bits per heavy atom. The third kappa shape index (κ3) is 5.83. The summed E-state index contributed by atoms with van der Waals surface area (Å²) in [6.45, 7) is 17.8. The van der Waals surface area contributed by atoms with Gasteiger partial charge in [-0.25, -0.2) is 0 Å². The van der Waals surface area contributed by atoms with Crippen LogP contribution in [0.25, 0.3) is 0 Å². The smallest absolute Gasteiger partial charge is 0.0575 e. The van der Waals surface area contributed by atoms with Crippen LogP contribution in [-0.2, 0) is 0 Å². The Kier molecular flexibility index (Phi) is 6.55. The Morgan fingerprint density at radius 1 is 1.00 bits per heavy atom. The molecule has 2 nitrogen and oxygen atoms in total. The van der Waals surface area contributed by atoms with Crippen molar-refractivity contribution in [1.82, 2.24) is 4.90 Å².